The van der Waals surface area contributed by atoms with Crippen molar-refractivity contribution < 1.29 is 4.74 Å². The van der Waals surface area contributed by atoms with Crippen molar-refractivity contribution in [3.63, 3.8) is 0 Å². The molecule has 0 aromatic carbocycles. The fraction of sp³-hybridized carbons (Fsp3) is 0.375. The first-order chi connectivity index (χ1) is 9.83. The molecule has 0 N–H and O–H groups in total. The van der Waals surface area contributed by atoms with Crippen LogP contribution in [0.2, 0.25) is 5.02 Å². The summed E-state index contributed by atoms with van der Waals surface area (Å²) in [6.45, 7) is 0.420. The minimum atomic E-state index is 0.420. The summed E-state index contributed by atoms with van der Waals surface area (Å²) in [7, 11) is 0. The lowest BCUT2D eigenvalue weighted by Gasteiger charge is -2.11. The van der Waals surface area contributed by atoms with Crippen molar-refractivity contribution in [3.8, 4) is 5.88 Å². The number of pyridine rings is 2. The molecule has 104 valence electrons. The maximum Gasteiger partial charge on any atom is 0.215 e. The second-order valence-electron chi connectivity index (χ2n) is 5.04. The van der Waals surface area contributed by atoms with Crippen LogP contribution in [-0.2, 0) is 19.4 Å². The Balaban J connectivity index is 1.77. The van der Waals surface area contributed by atoms with Gasteiger partial charge in [-0.1, -0.05) is 24.1 Å². The Morgan fingerprint density at radius 3 is 2.90 bits per heavy atom. The Labute approximate surface area is 124 Å². The third kappa shape index (κ3) is 3.10. The smallest absolute Gasteiger partial charge is 0.215 e. The second-order valence-corrected chi connectivity index (χ2v) is 5.45. The Bertz CT molecular complexity index is 587. The van der Waals surface area contributed by atoms with E-state index in [1.54, 1.807) is 6.20 Å². The standard InChI is InChI=1S/C16H17ClN2O/c17-14-10-16(20-11-12-6-4-5-9-18-12)19-15-8-3-1-2-7-13(14)15/h4-6,9-10H,1-3,7-8,11H2. The number of ether oxygens (including phenoxy) is 1. The summed E-state index contributed by atoms with van der Waals surface area (Å²) < 4.78 is 5.72. The van der Waals surface area contributed by atoms with Crippen LogP contribution < -0.4 is 4.74 Å². The zero-order valence-corrected chi connectivity index (χ0v) is 12.1. The van der Waals surface area contributed by atoms with Crippen LogP contribution in [0.5, 0.6) is 5.88 Å². The molecule has 0 amide bonds. The van der Waals surface area contributed by atoms with E-state index in [0.29, 0.717) is 12.5 Å². The van der Waals surface area contributed by atoms with E-state index < -0.39 is 0 Å². The first-order valence-corrected chi connectivity index (χ1v) is 7.42. The summed E-state index contributed by atoms with van der Waals surface area (Å²) in [6, 6.07) is 7.60. The number of hydrogen-bond donors (Lipinski definition) is 0. The molecule has 1 aliphatic carbocycles. The molecule has 0 unspecified atom stereocenters. The van der Waals surface area contributed by atoms with Gasteiger partial charge in [0.1, 0.15) is 6.61 Å². The molecule has 0 aliphatic heterocycles. The van der Waals surface area contributed by atoms with E-state index in [1.165, 1.54) is 24.8 Å². The van der Waals surface area contributed by atoms with Crippen molar-refractivity contribution in [2.45, 2.75) is 38.7 Å². The highest BCUT2D eigenvalue weighted by atomic mass is 35.5. The van der Waals surface area contributed by atoms with Gasteiger partial charge >= 0.3 is 0 Å². The number of halogens is 1. The zero-order chi connectivity index (χ0) is 13.8. The minimum Gasteiger partial charge on any atom is -0.471 e. The molecule has 20 heavy (non-hydrogen) atoms. The number of nitrogens with zero attached hydrogens (tertiary/aromatic N) is 2. The molecular weight excluding hydrogens is 272 g/mol. The number of fused-ring (bicyclic) bond motifs is 1. The molecule has 0 fully saturated rings. The van der Waals surface area contributed by atoms with Crippen LogP contribution in [0.15, 0.2) is 30.5 Å². The van der Waals surface area contributed by atoms with E-state index in [2.05, 4.69) is 9.97 Å². The van der Waals surface area contributed by atoms with Gasteiger partial charge in [-0.3, -0.25) is 4.98 Å². The topological polar surface area (TPSA) is 35.0 Å². The molecule has 0 radical (unpaired) electrons. The highest BCUT2D eigenvalue weighted by Gasteiger charge is 2.14. The first kappa shape index (κ1) is 13.4. The molecule has 2 aromatic heterocycles. The molecule has 0 saturated carbocycles. The summed E-state index contributed by atoms with van der Waals surface area (Å²) in [4.78, 5) is 8.85. The van der Waals surface area contributed by atoms with Crippen LogP contribution in [0.4, 0.5) is 0 Å². The highest BCUT2D eigenvalue weighted by molar-refractivity contribution is 6.31. The summed E-state index contributed by atoms with van der Waals surface area (Å²) in [5, 5.41) is 0.785. The lowest BCUT2D eigenvalue weighted by atomic mass is 10.1. The maximum absolute atomic E-state index is 6.37. The SMILES string of the molecule is Clc1cc(OCc2ccccn2)nc2c1CCCCC2. The van der Waals surface area contributed by atoms with Crippen molar-refractivity contribution in [2.24, 2.45) is 0 Å². The molecule has 0 atom stereocenters. The monoisotopic (exact) mass is 288 g/mol. The Hall–Kier alpha value is -1.61. The fourth-order valence-electron chi connectivity index (χ4n) is 2.51. The molecule has 0 saturated heterocycles. The van der Waals surface area contributed by atoms with Gasteiger partial charge in [0.05, 0.1) is 10.7 Å². The Morgan fingerprint density at radius 2 is 2.05 bits per heavy atom. The fourth-order valence-corrected chi connectivity index (χ4v) is 2.81. The quantitative estimate of drug-likeness (QED) is 0.801. The van der Waals surface area contributed by atoms with Crippen molar-refractivity contribution in [1.82, 2.24) is 9.97 Å². The predicted molar refractivity (Wildman–Crippen MR) is 79.1 cm³/mol. The number of aromatic nitrogens is 2. The van der Waals surface area contributed by atoms with E-state index >= 15 is 0 Å². The van der Waals surface area contributed by atoms with Gasteiger partial charge in [-0.2, -0.15) is 0 Å². The van der Waals surface area contributed by atoms with Crippen LogP contribution in [0.1, 0.15) is 36.2 Å². The summed E-state index contributed by atoms with van der Waals surface area (Å²) in [5.41, 5.74) is 3.20. The number of hydrogen-bond acceptors (Lipinski definition) is 3. The van der Waals surface area contributed by atoms with Crippen molar-refractivity contribution >= 4 is 11.6 Å². The molecule has 4 heteroatoms. The molecule has 1 aliphatic rings. The van der Waals surface area contributed by atoms with E-state index in [4.69, 9.17) is 16.3 Å². The van der Waals surface area contributed by atoms with Crippen molar-refractivity contribution in [3.05, 3.63) is 52.4 Å². The summed E-state index contributed by atoms with van der Waals surface area (Å²) in [5.74, 6) is 0.598. The molecule has 2 heterocycles. The van der Waals surface area contributed by atoms with Gasteiger partial charge in [0.15, 0.2) is 0 Å². The van der Waals surface area contributed by atoms with Gasteiger partial charge in [0, 0.05) is 18.0 Å². The number of aryl methyl sites for hydroxylation is 1. The molecule has 3 nitrogen and oxygen atoms in total. The van der Waals surface area contributed by atoms with Gasteiger partial charge < -0.3 is 4.74 Å². The Morgan fingerprint density at radius 1 is 1.15 bits per heavy atom. The molecule has 3 rings (SSSR count). The Kier molecular flexibility index (Phi) is 4.16. The van der Waals surface area contributed by atoms with Crippen molar-refractivity contribution in [2.75, 3.05) is 0 Å². The van der Waals surface area contributed by atoms with Gasteiger partial charge in [-0.25, -0.2) is 4.98 Å². The normalized spacial score (nSPS) is 14.4. The van der Waals surface area contributed by atoms with Crippen LogP contribution in [0, 0.1) is 0 Å². The summed E-state index contributed by atoms with van der Waals surface area (Å²) >= 11 is 6.37. The van der Waals surface area contributed by atoms with Crippen LogP contribution in [0.3, 0.4) is 0 Å². The van der Waals surface area contributed by atoms with Gasteiger partial charge in [0.2, 0.25) is 5.88 Å². The average Bonchev–Trinajstić information content (AvgIpc) is 2.72. The van der Waals surface area contributed by atoms with E-state index in [1.807, 2.05) is 24.3 Å². The average molecular weight is 289 g/mol. The maximum atomic E-state index is 6.37. The van der Waals surface area contributed by atoms with Gasteiger partial charge in [-0.15, -0.1) is 0 Å². The summed E-state index contributed by atoms with van der Waals surface area (Å²) in [6.07, 6.45) is 7.41. The number of rotatable bonds is 3. The first-order valence-electron chi connectivity index (χ1n) is 7.04. The lowest BCUT2D eigenvalue weighted by Crippen LogP contribution is -2.03. The van der Waals surface area contributed by atoms with E-state index in [9.17, 15) is 0 Å². The highest BCUT2D eigenvalue weighted by Crippen LogP contribution is 2.29. The van der Waals surface area contributed by atoms with Crippen LogP contribution in [-0.4, -0.2) is 9.97 Å². The zero-order valence-electron chi connectivity index (χ0n) is 11.3. The third-order valence-electron chi connectivity index (χ3n) is 3.57. The van der Waals surface area contributed by atoms with Gasteiger partial charge in [-0.05, 0) is 43.4 Å². The largest absolute Gasteiger partial charge is 0.471 e. The lowest BCUT2D eigenvalue weighted by molar-refractivity contribution is 0.288. The van der Waals surface area contributed by atoms with Crippen LogP contribution in [0.25, 0.3) is 0 Å². The molecule has 2 aromatic rings. The van der Waals surface area contributed by atoms with Gasteiger partial charge in [0.25, 0.3) is 0 Å². The van der Waals surface area contributed by atoms with E-state index in [0.717, 1.165) is 29.3 Å². The van der Waals surface area contributed by atoms with E-state index in [-0.39, 0.29) is 0 Å². The van der Waals surface area contributed by atoms with Crippen molar-refractivity contribution in [1.29, 1.82) is 0 Å². The predicted octanol–water partition coefficient (Wildman–Crippen LogP) is 3.98. The third-order valence-corrected chi connectivity index (χ3v) is 3.90. The molecule has 0 spiro atoms. The molecular formula is C16H17ClN2O. The van der Waals surface area contributed by atoms with Crippen LogP contribution >= 0.6 is 11.6 Å². The molecule has 0 bridgehead atoms. The minimum absolute atomic E-state index is 0.420. The second kappa shape index (κ2) is 6.23.